The molecule has 27 heavy (non-hydrogen) atoms. The quantitative estimate of drug-likeness (QED) is 0.442. The first-order valence-electron chi connectivity index (χ1n) is 8.99. The number of carbonyl (C=O) groups excluding carboxylic acids is 2. The largest absolute Gasteiger partial charge is 0.350 e. The molecule has 6 nitrogen and oxygen atoms in total. The van der Waals surface area contributed by atoms with Crippen molar-refractivity contribution >= 4 is 23.2 Å². The third-order valence-corrected chi connectivity index (χ3v) is 3.90. The SMILES string of the molecule is C/C(=N\Nc1ccc(C(=O)C(C)C)cn1)c1ccc(C(=O)NC(C)C)cc1. The van der Waals surface area contributed by atoms with Crippen molar-refractivity contribution in [3.8, 4) is 0 Å². The Morgan fingerprint density at radius 2 is 1.52 bits per heavy atom. The Balaban J connectivity index is 2.03. The fourth-order valence-electron chi connectivity index (χ4n) is 2.35. The van der Waals surface area contributed by atoms with Crippen molar-refractivity contribution < 1.29 is 9.59 Å². The van der Waals surface area contributed by atoms with Gasteiger partial charge in [0.25, 0.3) is 5.91 Å². The molecule has 0 bridgehead atoms. The zero-order valence-corrected chi connectivity index (χ0v) is 16.4. The molecule has 1 aromatic heterocycles. The van der Waals surface area contributed by atoms with Crippen molar-refractivity contribution in [3.63, 3.8) is 0 Å². The Morgan fingerprint density at radius 1 is 0.926 bits per heavy atom. The van der Waals surface area contributed by atoms with E-state index in [-0.39, 0.29) is 23.7 Å². The number of nitrogens with one attached hydrogen (secondary N) is 2. The van der Waals surface area contributed by atoms with E-state index in [9.17, 15) is 9.59 Å². The van der Waals surface area contributed by atoms with Crippen LogP contribution in [0.2, 0.25) is 0 Å². The van der Waals surface area contributed by atoms with Gasteiger partial charge < -0.3 is 5.32 Å². The average Bonchev–Trinajstić information content (AvgIpc) is 2.65. The number of hydrazone groups is 1. The van der Waals surface area contributed by atoms with E-state index in [2.05, 4.69) is 20.8 Å². The van der Waals surface area contributed by atoms with Gasteiger partial charge in [0.2, 0.25) is 0 Å². The minimum Gasteiger partial charge on any atom is -0.350 e. The topological polar surface area (TPSA) is 83.5 Å². The molecule has 2 aromatic rings. The summed E-state index contributed by atoms with van der Waals surface area (Å²) < 4.78 is 0. The van der Waals surface area contributed by atoms with Crippen LogP contribution in [0.25, 0.3) is 0 Å². The lowest BCUT2D eigenvalue weighted by Crippen LogP contribution is -2.30. The summed E-state index contributed by atoms with van der Waals surface area (Å²) in [5.41, 5.74) is 5.75. The Morgan fingerprint density at radius 3 is 2.04 bits per heavy atom. The first-order valence-corrected chi connectivity index (χ1v) is 8.99. The maximum Gasteiger partial charge on any atom is 0.251 e. The third kappa shape index (κ3) is 5.74. The Bertz CT molecular complexity index is 822. The molecule has 0 radical (unpaired) electrons. The number of aromatic nitrogens is 1. The van der Waals surface area contributed by atoms with E-state index >= 15 is 0 Å². The summed E-state index contributed by atoms with van der Waals surface area (Å²) >= 11 is 0. The van der Waals surface area contributed by atoms with Crippen molar-refractivity contribution in [1.29, 1.82) is 0 Å². The van der Waals surface area contributed by atoms with Gasteiger partial charge in [0.1, 0.15) is 5.82 Å². The number of hydrogen-bond acceptors (Lipinski definition) is 5. The number of Topliss-reactive ketones (excluding diaryl/α,β-unsaturated/α-hetero) is 1. The second kappa shape index (κ2) is 9.07. The monoisotopic (exact) mass is 366 g/mol. The number of amides is 1. The number of carbonyl (C=O) groups is 2. The van der Waals surface area contributed by atoms with Gasteiger partial charge in [-0.15, -0.1) is 0 Å². The molecule has 0 saturated heterocycles. The molecule has 0 aliphatic rings. The molecule has 0 fully saturated rings. The van der Waals surface area contributed by atoms with Gasteiger partial charge in [-0.25, -0.2) is 4.98 Å². The van der Waals surface area contributed by atoms with Crippen LogP contribution in [0.4, 0.5) is 5.82 Å². The second-order valence-corrected chi connectivity index (χ2v) is 6.97. The number of benzene rings is 1. The minimum absolute atomic E-state index is 0.0588. The van der Waals surface area contributed by atoms with Gasteiger partial charge in [-0.3, -0.25) is 15.0 Å². The molecule has 6 heteroatoms. The van der Waals surface area contributed by atoms with Crippen LogP contribution in [0.1, 0.15) is 60.9 Å². The molecule has 0 saturated carbocycles. The number of anilines is 1. The molecule has 1 aromatic carbocycles. The van der Waals surface area contributed by atoms with Crippen LogP contribution in [0.15, 0.2) is 47.7 Å². The first kappa shape index (κ1) is 20.3. The normalized spacial score (nSPS) is 11.6. The number of ketones is 1. The standard InChI is InChI=1S/C21H26N4O2/c1-13(2)20(26)18-10-11-19(22-12-18)25-24-15(5)16-6-8-17(9-7-16)21(27)23-14(3)4/h6-14H,1-5H3,(H,22,25)(H,23,27)/b24-15+. The second-order valence-electron chi connectivity index (χ2n) is 6.97. The van der Waals surface area contributed by atoms with Crippen molar-refractivity contribution in [2.24, 2.45) is 11.0 Å². The Kier molecular flexibility index (Phi) is 6.82. The highest BCUT2D eigenvalue weighted by Gasteiger charge is 2.10. The van der Waals surface area contributed by atoms with Crippen LogP contribution in [0.5, 0.6) is 0 Å². The molecular formula is C21H26N4O2. The van der Waals surface area contributed by atoms with E-state index in [1.165, 1.54) is 0 Å². The maximum atomic E-state index is 12.0. The molecular weight excluding hydrogens is 340 g/mol. The third-order valence-electron chi connectivity index (χ3n) is 3.90. The van der Waals surface area contributed by atoms with Gasteiger partial charge >= 0.3 is 0 Å². The number of hydrogen-bond donors (Lipinski definition) is 2. The zero-order valence-electron chi connectivity index (χ0n) is 16.4. The highest BCUT2D eigenvalue weighted by Crippen LogP contribution is 2.11. The number of rotatable bonds is 7. The fraction of sp³-hybridized carbons (Fsp3) is 0.333. The van der Waals surface area contributed by atoms with Crippen molar-refractivity contribution in [2.75, 3.05) is 5.43 Å². The minimum atomic E-state index is -0.0931. The van der Waals surface area contributed by atoms with Gasteiger partial charge in [0.05, 0.1) is 5.71 Å². The van der Waals surface area contributed by atoms with Gasteiger partial charge in [-0.2, -0.15) is 5.10 Å². The van der Waals surface area contributed by atoms with Crippen molar-refractivity contribution in [1.82, 2.24) is 10.3 Å². The maximum absolute atomic E-state index is 12.0. The number of nitrogens with zero attached hydrogens (tertiary/aromatic N) is 2. The lowest BCUT2D eigenvalue weighted by molar-refractivity contribution is 0.0933. The zero-order chi connectivity index (χ0) is 20.0. The summed E-state index contributed by atoms with van der Waals surface area (Å²) in [6, 6.07) is 10.8. The first-order chi connectivity index (χ1) is 12.8. The lowest BCUT2D eigenvalue weighted by atomic mass is 10.0. The smallest absolute Gasteiger partial charge is 0.251 e. The van der Waals surface area contributed by atoms with E-state index in [1.807, 2.05) is 46.8 Å². The van der Waals surface area contributed by atoms with Crippen LogP contribution in [-0.2, 0) is 0 Å². The van der Waals surface area contributed by atoms with E-state index < -0.39 is 0 Å². The van der Waals surface area contributed by atoms with Gasteiger partial charge in [-0.1, -0.05) is 26.0 Å². The molecule has 1 heterocycles. The molecule has 0 unspecified atom stereocenters. The lowest BCUT2D eigenvalue weighted by Gasteiger charge is -2.09. The van der Waals surface area contributed by atoms with Gasteiger partial charge in [-0.05, 0) is 50.6 Å². The highest BCUT2D eigenvalue weighted by atomic mass is 16.1. The van der Waals surface area contributed by atoms with Gasteiger partial charge in [0.15, 0.2) is 5.78 Å². The summed E-state index contributed by atoms with van der Waals surface area (Å²) in [4.78, 5) is 28.1. The van der Waals surface area contributed by atoms with Crippen molar-refractivity contribution in [3.05, 3.63) is 59.3 Å². The average molecular weight is 366 g/mol. The Labute approximate surface area is 160 Å². The molecule has 0 atom stereocenters. The highest BCUT2D eigenvalue weighted by molar-refractivity contribution is 6.01. The molecule has 0 aliphatic heterocycles. The molecule has 0 spiro atoms. The predicted molar refractivity (Wildman–Crippen MR) is 108 cm³/mol. The van der Waals surface area contributed by atoms with Crippen LogP contribution >= 0.6 is 0 Å². The fourth-order valence-corrected chi connectivity index (χ4v) is 2.35. The predicted octanol–water partition coefficient (Wildman–Crippen LogP) is 3.89. The molecule has 2 N–H and O–H groups in total. The summed E-state index contributed by atoms with van der Waals surface area (Å²) in [6.45, 7) is 9.44. The van der Waals surface area contributed by atoms with Crippen LogP contribution in [0, 0.1) is 5.92 Å². The summed E-state index contributed by atoms with van der Waals surface area (Å²) in [5, 5.41) is 7.18. The van der Waals surface area contributed by atoms with Crippen LogP contribution in [-0.4, -0.2) is 28.4 Å². The van der Waals surface area contributed by atoms with Crippen molar-refractivity contribution in [2.45, 2.75) is 40.7 Å². The number of pyridine rings is 1. The van der Waals surface area contributed by atoms with Crippen LogP contribution < -0.4 is 10.7 Å². The van der Waals surface area contributed by atoms with E-state index in [1.54, 1.807) is 30.5 Å². The molecule has 2 rings (SSSR count). The van der Waals surface area contributed by atoms with E-state index in [4.69, 9.17) is 0 Å². The van der Waals surface area contributed by atoms with E-state index in [0.29, 0.717) is 16.9 Å². The molecule has 142 valence electrons. The Hall–Kier alpha value is -3.02. The molecule has 1 amide bonds. The summed E-state index contributed by atoms with van der Waals surface area (Å²) in [7, 11) is 0. The summed E-state index contributed by atoms with van der Waals surface area (Å²) in [6.07, 6.45) is 1.55. The van der Waals surface area contributed by atoms with E-state index in [0.717, 1.165) is 11.3 Å². The summed E-state index contributed by atoms with van der Waals surface area (Å²) in [5.74, 6) is 0.471. The van der Waals surface area contributed by atoms with Crippen LogP contribution in [0.3, 0.4) is 0 Å². The molecule has 0 aliphatic carbocycles. The van der Waals surface area contributed by atoms with Gasteiger partial charge in [0, 0.05) is 29.3 Å².